The zero-order chi connectivity index (χ0) is 13.1. The second-order valence-corrected chi connectivity index (χ2v) is 5.05. The van der Waals surface area contributed by atoms with Crippen molar-refractivity contribution >= 4 is 23.0 Å². The maximum Gasteiger partial charge on any atom is 0.227 e. The monoisotopic (exact) mass is 267 g/mol. The van der Waals surface area contributed by atoms with Crippen LogP contribution in [-0.2, 0) is 0 Å². The first-order valence-electron chi connectivity index (χ1n) is 6.00. The van der Waals surface area contributed by atoms with E-state index in [0.717, 1.165) is 16.9 Å². The maximum atomic E-state index is 4.52. The average Bonchev–Trinajstić information content (AvgIpc) is 2.93. The van der Waals surface area contributed by atoms with Gasteiger partial charge in [-0.1, -0.05) is 12.1 Å². The Kier molecular flexibility index (Phi) is 3.25. The molecule has 1 aromatic carbocycles. The Morgan fingerprint density at radius 3 is 2.89 bits per heavy atom. The third kappa shape index (κ3) is 2.80. The van der Waals surface area contributed by atoms with Gasteiger partial charge < -0.3 is 5.32 Å². The fourth-order valence-electron chi connectivity index (χ4n) is 1.84. The summed E-state index contributed by atoms with van der Waals surface area (Å²) in [6.07, 6.45) is 1.78. The highest BCUT2D eigenvalue weighted by Crippen LogP contribution is 2.21. The highest BCUT2D eigenvalue weighted by atomic mass is 32.1. The first-order valence-corrected chi connectivity index (χ1v) is 6.95. The number of thiophene rings is 1. The molecule has 0 unspecified atom stereocenters. The minimum atomic E-state index is 0.620. The van der Waals surface area contributed by atoms with E-state index in [2.05, 4.69) is 45.8 Å². The van der Waals surface area contributed by atoms with Gasteiger partial charge in [0.25, 0.3) is 0 Å². The average molecular weight is 267 g/mol. The van der Waals surface area contributed by atoms with Gasteiger partial charge in [0.15, 0.2) is 0 Å². The number of rotatable bonds is 3. The van der Waals surface area contributed by atoms with E-state index in [-0.39, 0.29) is 0 Å². The smallest absolute Gasteiger partial charge is 0.227 e. The Balaban J connectivity index is 1.88. The molecule has 94 valence electrons. The molecule has 19 heavy (non-hydrogen) atoms. The molecule has 0 spiro atoms. The summed E-state index contributed by atoms with van der Waals surface area (Å²) in [5, 5.41) is 7.36. The lowest BCUT2D eigenvalue weighted by Crippen LogP contribution is -1.97. The Bertz CT molecular complexity index is 677. The number of nitrogens with one attached hydrogen (secondary N) is 1. The number of nitrogens with zero attached hydrogens (tertiary/aromatic N) is 2. The van der Waals surface area contributed by atoms with Crippen LogP contribution in [0.2, 0.25) is 0 Å². The summed E-state index contributed by atoms with van der Waals surface area (Å²) in [5.41, 5.74) is 4.27. The number of hydrogen-bond acceptors (Lipinski definition) is 4. The van der Waals surface area contributed by atoms with Crippen molar-refractivity contribution in [3.8, 4) is 11.3 Å². The third-order valence-electron chi connectivity index (χ3n) is 2.75. The second kappa shape index (κ2) is 5.20. The van der Waals surface area contributed by atoms with Gasteiger partial charge in [-0.2, -0.15) is 11.3 Å². The topological polar surface area (TPSA) is 37.8 Å². The van der Waals surface area contributed by atoms with E-state index in [1.807, 2.05) is 23.6 Å². The van der Waals surface area contributed by atoms with Crippen LogP contribution in [-0.4, -0.2) is 9.97 Å². The van der Waals surface area contributed by atoms with Crippen molar-refractivity contribution < 1.29 is 0 Å². The highest BCUT2D eigenvalue weighted by molar-refractivity contribution is 7.08. The normalized spacial score (nSPS) is 10.4. The van der Waals surface area contributed by atoms with Crippen molar-refractivity contribution in [2.75, 3.05) is 5.32 Å². The van der Waals surface area contributed by atoms with Gasteiger partial charge in [0.2, 0.25) is 5.95 Å². The molecule has 3 nitrogen and oxygen atoms in total. The van der Waals surface area contributed by atoms with E-state index in [4.69, 9.17) is 0 Å². The standard InChI is InChI=1S/C15H13N3S/c1-11-3-2-4-13(9-11)17-15-16-7-5-14(18-15)12-6-8-19-10-12/h2-10H,1H3,(H,16,17,18). The molecule has 0 amide bonds. The number of aromatic nitrogens is 2. The summed E-state index contributed by atoms with van der Waals surface area (Å²) >= 11 is 1.67. The van der Waals surface area contributed by atoms with Gasteiger partial charge in [0.05, 0.1) is 5.69 Å². The largest absolute Gasteiger partial charge is 0.324 e. The molecule has 1 N–H and O–H groups in total. The molecule has 0 aliphatic rings. The molecule has 0 aliphatic carbocycles. The number of anilines is 2. The molecular weight excluding hydrogens is 254 g/mol. The highest BCUT2D eigenvalue weighted by Gasteiger charge is 2.03. The fraction of sp³-hybridized carbons (Fsp3) is 0.0667. The van der Waals surface area contributed by atoms with Crippen molar-refractivity contribution in [1.82, 2.24) is 9.97 Å². The van der Waals surface area contributed by atoms with Gasteiger partial charge in [-0.15, -0.1) is 0 Å². The molecule has 2 aromatic heterocycles. The molecule has 3 aromatic rings. The summed E-state index contributed by atoms with van der Waals surface area (Å²) in [6.45, 7) is 2.06. The summed E-state index contributed by atoms with van der Waals surface area (Å²) in [5.74, 6) is 0.620. The van der Waals surface area contributed by atoms with E-state index in [1.54, 1.807) is 17.5 Å². The van der Waals surface area contributed by atoms with Crippen LogP contribution in [0.5, 0.6) is 0 Å². The summed E-state index contributed by atoms with van der Waals surface area (Å²) < 4.78 is 0. The van der Waals surface area contributed by atoms with Crippen LogP contribution < -0.4 is 5.32 Å². The van der Waals surface area contributed by atoms with Crippen molar-refractivity contribution in [2.24, 2.45) is 0 Å². The van der Waals surface area contributed by atoms with Crippen molar-refractivity contribution in [3.63, 3.8) is 0 Å². The Morgan fingerprint density at radius 1 is 1.16 bits per heavy atom. The first kappa shape index (κ1) is 11.9. The zero-order valence-electron chi connectivity index (χ0n) is 10.5. The van der Waals surface area contributed by atoms with Crippen LogP contribution in [0.25, 0.3) is 11.3 Å². The molecular formula is C15H13N3S. The lowest BCUT2D eigenvalue weighted by molar-refractivity contribution is 1.17. The van der Waals surface area contributed by atoms with Crippen LogP contribution in [0.4, 0.5) is 11.6 Å². The fourth-order valence-corrected chi connectivity index (χ4v) is 2.49. The van der Waals surface area contributed by atoms with Gasteiger partial charge in [-0.05, 0) is 42.1 Å². The van der Waals surface area contributed by atoms with Crippen LogP contribution in [0.15, 0.2) is 53.4 Å². The minimum absolute atomic E-state index is 0.620. The predicted molar refractivity (Wildman–Crippen MR) is 79.8 cm³/mol. The van der Waals surface area contributed by atoms with E-state index < -0.39 is 0 Å². The van der Waals surface area contributed by atoms with Crippen LogP contribution in [0.3, 0.4) is 0 Å². The lowest BCUT2D eigenvalue weighted by atomic mass is 10.2. The van der Waals surface area contributed by atoms with Gasteiger partial charge in [0.1, 0.15) is 0 Å². The molecule has 0 fully saturated rings. The van der Waals surface area contributed by atoms with Crippen molar-refractivity contribution in [2.45, 2.75) is 6.92 Å². The summed E-state index contributed by atoms with van der Waals surface area (Å²) in [4.78, 5) is 8.78. The minimum Gasteiger partial charge on any atom is -0.324 e. The molecule has 3 rings (SSSR count). The quantitative estimate of drug-likeness (QED) is 0.770. The van der Waals surface area contributed by atoms with Gasteiger partial charge in [-0.3, -0.25) is 0 Å². The first-order chi connectivity index (χ1) is 9.31. The SMILES string of the molecule is Cc1cccc(Nc2nccc(-c3ccsc3)n2)c1. The summed E-state index contributed by atoms with van der Waals surface area (Å²) in [7, 11) is 0. The lowest BCUT2D eigenvalue weighted by Gasteiger charge is -2.06. The van der Waals surface area contributed by atoms with E-state index >= 15 is 0 Å². The molecule has 0 atom stereocenters. The Hall–Kier alpha value is -2.20. The molecule has 0 aliphatic heterocycles. The van der Waals surface area contributed by atoms with E-state index in [9.17, 15) is 0 Å². The Morgan fingerprint density at radius 2 is 2.11 bits per heavy atom. The van der Waals surface area contributed by atoms with Crippen LogP contribution >= 0.6 is 11.3 Å². The van der Waals surface area contributed by atoms with Gasteiger partial charge >= 0.3 is 0 Å². The molecule has 0 saturated heterocycles. The van der Waals surface area contributed by atoms with Crippen molar-refractivity contribution in [1.29, 1.82) is 0 Å². The van der Waals surface area contributed by atoms with E-state index in [1.165, 1.54) is 5.56 Å². The van der Waals surface area contributed by atoms with Gasteiger partial charge in [0, 0.05) is 22.8 Å². The zero-order valence-corrected chi connectivity index (χ0v) is 11.3. The van der Waals surface area contributed by atoms with E-state index in [0.29, 0.717) is 5.95 Å². The van der Waals surface area contributed by atoms with Crippen LogP contribution in [0, 0.1) is 6.92 Å². The Labute approximate surface area is 116 Å². The molecule has 4 heteroatoms. The number of hydrogen-bond donors (Lipinski definition) is 1. The molecule has 0 saturated carbocycles. The number of aryl methyl sites for hydroxylation is 1. The molecule has 0 radical (unpaired) electrons. The maximum absolute atomic E-state index is 4.52. The molecule has 2 heterocycles. The second-order valence-electron chi connectivity index (χ2n) is 4.27. The third-order valence-corrected chi connectivity index (χ3v) is 3.43. The molecule has 0 bridgehead atoms. The number of benzene rings is 1. The summed E-state index contributed by atoms with van der Waals surface area (Å²) in [6, 6.07) is 12.1. The van der Waals surface area contributed by atoms with Crippen molar-refractivity contribution in [3.05, 3.63) is 58.9 Å². The van der Waals surface area contributed by atoms with Gasteiger partial charge in [-0.25, -0.2) is 9.97 Å². The predicted octanol–water partition coefficient (Wildman–Crippen LogP) is 4.26. The van der Waals surface area contributed by atoms with Crippen LogP contribution in [0.1, 0.15) is 5.56 Å².